The van der Waals surface area contributed by atoms with E-state index in [0.717, 1.165) is 12.5 Å². The summed E-state index contributed by atoms with van der Waals surface area (Å²) in [6.45, 7) is 5.24. The van der Waals surface area contributed by atoms with Crippen LogP contribution in [0.5, 0.6) is 0 Å². The summed E-state index contributed by atoms with van der Waals surface area (Å²) < 4.78 is 6.13. The predicted octanol–water partition coefficient (Wildman–Crippen LogP) is 3.85. The summed E-state index contributed by atoms with van der Waals surface area (Å²) in [5.41, 5.74) is 2.62. The average molecular weight is 261 g/mol. The van der Waals surface area contributed by atoms with Crippen LogP contribution in [0.2, 0.25) is 0 Å². The summed E-state index contributed by atoms with van der Waals surface area (Å²) in [7, 11) is 2.01. The summed E-state index contributed by atoms with van der Waals surface area (Å²) in [5.74, 6) is 0.825. The Morgan fingerprint density at radius 1 is 1.26 bits per heavy atom. The first-order valence-corrected chi connectivity index (χ1v) is 7.54. The number of rotatable bonds is 5. The van der Waals surface area contributed by atoms with E-state index in [1.54, 1.807) is 0 Å². The zero-order valence-corrected chi connectivity index (χ0v) is 12.5. The molecule has 0 aliphatic heterocycles. The van der Waals surface area contributed by atoms with Gasteiger partial charge in [-0.15, -0.1) is 0 Å². The van der Waals surface area contributed by atoms with Crippen LogP contribution in [0.3, 0.4) is 0 Å². The van der Waals surface area contributed by atoms with E-state index in [1.165, 1.54) is 36.8 Å². The van der Waals surface area contributed by atoms with Crippen LogP contribution in [0.25, 0.3) is 0 Å². The summed E-state index contributed by atoms with van der Waals surface area (Å²) >= 11 is 0. The highest BCUT2D eigenvalue weighted by molar-refractivity contribution is 5.24. The van der Waals surface area contributed by atoms with E-state index in [1.807, 2.05) is 7.05 Å². The maximum atomic E-state index is 6.13. The number of hydrogen-bond acceptors (Lipinski definition) is 2. The third kappa shape index (κ3) is 4.32. The van der Waals surface area contributed by atoms with E-state index in [-0.39, 0.29) is 0 Å². The van der Waals surface area contributed by atoms with Crippen LogP contribution >= 0.6 is 0 Å². The Morgan fingerprint density at radius 2 is 2.00 bits per heavy atom. The van der Waals surface area contributed by atoms with E-state index >= 15 is 0 Å². The molecule has 0 bridgehead atoms. The Morgan fingerprint density at radius 3 is 2.63 bits per heavy atom. The topological polar surface area (TPSA) is 21.3 Å². The third-order valence-corrected chi connectivity index (χ3v) is 4.22. The normalized spacial score (nSPS) is 25.2. The van der Waals surface area contributed by atoms with Crippen LogP contribution < -0.4 is 5.32 Å². The molecule has 0 amide bonds. The summed E-state index contributed by atoms with van der Waals surface area (Å²) in [4.78, 5) is 0. The van der Waals surface area contributed by atoms with Gasteiger partial charge in [0.1, 0.15) is 0 Å². The van der Waals surface area contributed by atoms with Crippen molar-refractivity contribution in [2.45, 2.75) is 51.7 Å². The second kappa shape index (κ2) is 7.06. The fourth-order valence-corrected chi connectivity index (χ4v) is 2.91. The molecule has 0 heterocycles. The Kier molecular flexibility index (Phi) is 5.41. The first kappa shape index (κ1) is 14.5. The Labute approximate surface area is 117 Å². The molecule has 3 unspecified atom stereocenters. The van der Waals surface area contributed by atoms with E-state index < -0.39 is 0 Å². The van der Waals surface area contributed by atoms with Gasteiger partial charge >= 0.3 is 0 Å². The van der Waals surface area contributed by atoms with Gasteiger partial charge in [-0.1, -0.05) is 49.6 Å². The Hall–Kier alpha value is -0.860. The molecule has 106 valence electrons. The Balaban J connectivity index is 1.87. The molecule has 1 aliphatic rings. The molecule has 2 heteroatoms. The van der Waals surface area contributed by atoms with Crippen molar-refractivity contribution < 1.29 is 4.74 Å². The van der Waals surface area contributed by atoms with Crippen LogP contribution in [0.1, 0.15) is 49.8 Å². The highest BCUT2D eigenvalue weighted by Crippen LogP contribution is 2.26. The standard InChI is InChI=1S/C17H27NO/c1-13-7-9-15(10-8-13)17(18-3)12-19-16-6-4-5-14(2)11-16/h7-10,14,16-18H,4-6,11-12H2,1-3H3. The smallest absolute Gasteiger partial charge is 0.0665 e. The van der Waals surface area contributed by atoms with Crippen LogP contribution in [-0.4, -0.2) is 19.8 Å². The molecule has 1 fully saturated rings. The number of nitrogens with one attached hydrogen (secondary N) is 1. The molecule has 2 rings (SSSR count). The SMILES string of the molecule is CNC(COC1CCCC(C)C1)c1ccc(C)cc1. The number of hydrogen-bond donors (Lipinski definition) is 1. The van der Waals surface area contributed by atoms with Gasteiger partial charge in [0.2, 0.25) is 0 Å². The lowest BCUT2D eigenvalue weighted by molar-refractivity contribution is 0.00488. The quantitative estimate of drug-likeness (QED) is 0.869. The number of likely N-dealkylation sites (N-methyl/N-ethyl adjacent to an activating group) is 1. The summed E-state index contributed by atoms with van der Waals surface area (Å²) in [5, 5.41) is 3.36. The molecule has 0 radical (unpaired) electrons. The van der Waals surface area contributed by atoms with Gasteiger partial charge in [-0.05, 0) is 38.3 Å². The number of ether oxygens (including phenoxy) is 1. The molecule has 1 saturated carbocycles. The molecular weight excluding hydrogens is 234 g/mol. The zero-order valence-electron chi connectivity index (χ0n) is 12.5. The number of aryl methyl sites for hydroxylation is 1. The first-order chi connectivity index (χ1) is 9.19. The average Bonchev–Trinajstić information content (AvgIpc) is 2.41. The van der Waals surface area contributed by atoms with Crippen molar-refractivity contribution in [2.75, 3.05) is 13.7 Å². The van der Waals surface area contributed by atoms with Crippen molar-refractivity contribution in [3.63, 3.8) is 0 Å². The van der Waals surface area contributed by atoms with Crippen LogP contribution in [0.4, 0.5) is 0 Å². The second-order valence-electron chi connectivity index (χ2n) is 5.98. The van der Waals surface area contributed by atoms with E-state index in [0.29, 0.717) is 12.1 Å². The van der Waals surface area contributed by atoms with Crippen molar-refractivity contribution in [1.82, 2.24) is 5.32 Å². The molecule has 1 aliphatic carbocycles. The minimum atomic E-state index is 0.304. The molecule has 0 spiro atoms. The molecule has 0 aromatic heterocycles. The van der Waals surface area contributed by atoms with Crippen molar-refractivity contribution in [3.05, 3.63) is 35.4 Å². The van der Waals surface area contributed by atoms with Crippen molar-refractivity contribution in [2.24, 2.45) is 5.92 Å². The molecule has 1 N–H and O–H groups in total. The summed E-state index contributed by atoms with van der Waals surface area (Å²) in [6, 6.07) is 9.04. The Bertz CT molecular complexity index is 373. The van der Waals surface area contributed by atoms with Gasteiger partial charge in [-0.3, -0.25) is 0 Å². The van der Waals surface area contributed by atoms with Crippen molar-refractivity contribution in [3.8, 4) is 0 Å². The van der Waals surface area contributed by atoms with E-state index in [4.69, 9.17) is 4.74 Å². The minimum absolute atomic E-state index is 0.304. The molecule has 0 saturated heterocycles. The van der Waals surface area contributed by atoms with Crippen molar-refractivity contribution in [1.29, 1.82) is 0 Å². The minimum Gasteiger partial charge on any atom is -0.376 e. The van der Waals surface area contributed by atoms with E-state index in [2.05, 4.69) is 43.4 Å². The highest BCUT2D eigenvalue weighted by Gasteiger charge is 2.20. The third-order valence-electron chi connectivity index (χ3n) is 4.22. The fraction of sp³-hybridized carbons (Fsp3) is 0.647. The van der Waals surface area contributed by atoms with Gasteiger partial charge in [0, 0.05) is 0 Å². The maximum Gasteiger partial charge on any atom is 0.0665 e. The lowest BCUT2D eigenvalue weighted by Gasteiger charge is -2.28. The van der Waals surface area contributed by atoms with Gasteiger partial charge in [0.05, 0.1) is 18.8 Å². The molecular formula is C17H27NO. The van der Waals surface area contributed by atoms with Gasteiger partial charge in [-0.25, -0.2) is 0 Å². The van der Waals surface area contributed by atoms with Gasteiger partial charge in [0.15, 0.2) is 0 Å². The van der Waals surface area contributed by atoms with Crippen LogP contribution in [-0.2, 0) is 4.74 Å². The molecule has 19 heavy (non-hydrogen) atoms. The largest absolute Gasteiger partial charge is 0.376 e. The number of benzene rings is 1. The fourth-order valence-electron chi connectivity index (χ4n) is 2.91. The van der Waals surface area contributed by atoms with Crippen LogP contribution in [0.15, 0.2) is 24.3 Å². The predicted molar refractivity (Wildman–Crippen MR) is 80.4 cm³/mol. The molecule has 3 atom stereocenters. The van der Waals surface area contributed by atoms with Crippen molar-refractivity contribution >= 4 is 0 Å². The first-order valence-electron chi connectivity index (χ1n) is 7.54. The van der Waals surface area contributed by atoms with Gasteiger partial charge in [-0.2, -0.15) is 0 Å². The van der Waals surface area contributed by atoms with Gasteiger partial charge in [0.25, 0.3) is 0 Å². The zero-order chi connectivity index (χ0) is 13.7. The van der Waals surface area contributed by atoms with Crippen LogP contribution in [0, 0.1) is 12.8 Å². The van der Waals surface area contributed by atoms with E-state index in [9.17, 15) is 0 Å². The molecule has 1 aromatic rings. The molecule has 1 aromatic carbocycles. The highest BCUT2D eigenvalue weighted by atomic mass is 16.5. The lowest BCUT2D eigenvalue weighted by Crippen LogP contribution is -2.28. The summed E-state index contributed by atoms with van der Waals surface area (Å²) in [6.07, 6.45) is 5.61. The maximum absolute atomic E-state index is 6.13. The second-order valence-corrected chi connectivity index (χ2v) is 5.98. The molecule has 2 nitrogen and oxygen atoms in total. The lowest BCUT2D eigenvalue weighted by atomic mass is 9.89. The van der Waals surface area contributed by atoms with Gasteiger partial charge < -0.3 is 10.1 Å². The monoisotopic (exact) mass is 261 g/mol.